The smallest absolute Gasteiger partial charge is 0.427 e. The molecule has 0 unspecified atom stereocenters. The van der Waals surface area contributed by atoms with Crippen molar-refractivity contribution in [1.29, 1.82) is 0 Å². The molecule has 0 saturated heterocycles. The van der Waals surface area contributed by atoms with E-state index in [1.165, 1.54) is 0 Å². The molecular weight excluding hydrogens is 219 g/mol. The maximum atomic E-state index is 8.63. The molecule has 0 atom stereocenters. The molecule has 2 N–H and O–H groups in total. The minimum Gasteiger partial charge on any atom is -0.427 e. The van der Waals surface area contributed by atoms with Crippen LogP contribution in [0.25, 0.3) is 0 Å². The van der Waals surface area contributed by atoms with E-state index in [1.54, 1.807) is 0 Å². The van der Waals surface area contributed by atoms with Gasteiger partial charge in [-0.15, -0.1) is 0 Å². The third kappa shape index (κ3) is 3.39. The molecule has 1 aromatic rings. The van der Waals surface area contributed by atoms with E-state index in [4.69, 9.17) is 10.0 Å². The highest BCUT2D eigenvalue weighted by atomic mass is 79.9. The number of benzene rings is 1. The van der Waals surface area contributed by atoms with Crippen LogP contribution in [0.4, 0.5) is 0 Å². The number of halogens is 1. The molecule has 4 heteroatoms. The normalized spacial score (nSPS) is 9.92. The van der Waals surface area contributed by atoms with Crippen LogP contribution in [0.15, 0.2) is 28.7 Å². The van der Waals surface area contributed by atoms with Crippen molar-refractivity contribution in [3.05, 3.63) is 34.3 Å². The lowest BCUT2D eigenvalue weighted by Crippen LogP contribution is -2.10. The van der Waals surface area contributed by atoms with Crippen LogP contribution in [-0.2, 0) is 6.42 Å². The van der Waals surface area contributed by atoms with Crippen LogP contribution >= 0.6 is 15.9 Å². The van der Waals surface area contributed by atoms with Crippen LogP contribution in [-0.4, -0.2) is 17.2 Å². The first-order valence-corrected chi connectivity index (χ1v) is 4.58. The molecule has 0 spiro atoms. The van der Waals surface area contributed by atoms with E-state index in [9.17, 15) is 0 Å². The maximum Gasteiger partial charge on any atom is 0.451 e. The molecule has 12 heavy (non-hydrogen) atoms. The van der Waals surface area contributed by atoms with Gasteiger partial charge in [0.25, 0.3) is 0 Å². The van der Waals surface area contributed by atoms with Gasteiger partial charge in [0.2, 0.25) is 0 Å². The highest BCUT2D eigenvalue weighted by molar-refractivity contribution is 9.10. The Bertz CT molecular complexity index is 253. The van der Waals surface area contributed by atoms with Crippen molar-refractivity contribution in [2.75, 3.05) is 0 Å². The summed E-state index contributed by atoms with van der Waals surface area (Å²) in [7, 11) is -1.20. The van der Waals surface area contributed by atoms with Gasteiger partial charge in [-0.05, 0) is 30.4 Å². The fourth-order valence-electron chi connectivity index (χ4n) is 0.988. The fraction of sp³-hybridized carbons (Fsp3) is 0.250. The summed E-state index contributed by atoms with van der Waals surface area (Å²) in [6.45, 7) is 0. The fourth-order valence-corrected chi connectivity index (χ4v) is 1.43. The molecule has 0 fully saturated rings. The highest BCUT2D eigenvalue weighted by Crippen LogP contribution is 2.13. The Balaban J connectivity index is 2.52. The van der Waals surface area contributed by atoms with Crippen LogP contribution in [0.5, 0.6) is 0 Å². The quantitative estimate of drug-likeness (QED) is 0.770. The number of rotatable bonds is 3. The van der Waals surface area contributed by atoms with Crippen molar-refractivity contribution in [2.24, 2.45) is 0 Å². The zero-order valence-corrected chi connectivity index (χ0v) is 8.16. The standard InChI is InChI=1S/C8H10BBrO2/c10-8-3-1-2-7(6-8)4-5-9(11)12/h1-3,6,11-12H,4-5H2. The van der Waals surface area contributed by atoms with Crippen LogP contribution < -0.4 is 0 Å². The van der Waals surface area contributed by atoms with Gasteiger partial charge in [0, 0.05) is 4.47 Å². The SMILES string of the molecule is OB(O)CCc1cccc(Br)c1. The van der Waals surface area contributed by atoms with Crippen molar-refractivity contribution < 1.29 is 10.0 Å². The molecule has 0 saturated carbocycles. The Kier molecular flexibility index (Phi) is 3.78. The molecule has 0 aromatic heterocycles. The molecule has 0 heterocycles. The zero-order chi connectivity index (χ0) is 8.97. The predicted octanol–water partition coefficient (Wildman–Crippen LogP) is 1.46. The van der Waals surface area contributed by atoms with Gasteiger partial charge in [-0.3, -0.25) is 0 Å². The van der Waals surface area contributed by atoms with Gasteiger partial charge >= 0.3 is 7.12 Å². The van der Waals surface area contributed by atoms with Crippen LogP contribution in [0.2, 0.25) is 6.32 Å². The zero-order valence-electron chi connectivity index (χ0n) is 6.57. The Morgan fingerprint density at radius 3 is 2.67 bits per heavy atom. The number of aryl methyl sites for hydroxylation is 1. The monoisotopic (exact) mass is 228 g/mol. The van der Waals surface area contributed by atoms with Crippen LogP contribution in [0.3, 0.4) is 0 Å². The molecule has 0 radical (unpaired) electrons. The van der Waals surface area contributed by atoms with E-state index in [0.29, 0.717) is 12.7 Å². The van der Waals surface area contributed by atoms with E-state index in [0.717, 1.165) is 10.0 Å². The van der Waals surface area contributed by atoms with Gasteiger partial charge in [0.15, 0.2) is 0 Å². The highest BCUT2D eigenvalue weighted by Gasteiger charge is 2.05. The second kappa shape index (κ2) is 4.65. The van der Waals surface area contributed by atoms with Gasteiger partial charge in [-0.1, -0.05) is 28.1 Å². The summed E-state index contributed by atoms with van der Waals surface area (Å²) in [6, 6.07) is 7.82. The second-order valence-corrected chi connectivity index (χ2v) is 3.56. The molecule has 0 bridgehead atoms. The lowest BCUT2D eigenvalue weighted by molar-refractivity contribution is 0.405. The van der Waals surface area contributed by atoms with E-state index >= 15 is 0 Å². The summed E-state index contributed by atoms with van der Waals surface area (Å²) in [5.41, 5.74) is 1.11. The Hall–Kier alpha value is -0.315. The lowest BCUT2D eigenvalue weighted by atomic mass is 9.83. The summed E-state index contributed by atoms with van der Waals surface area (Å²) in [5.74, 6) is 0. The minimum absolute atomic E-state index is 0.385. The third-order valence-corrected chi connectivity index (χ3v) is 2.07. The predicted molar refractivity (Wildman–Crippen MR) is 52.8 cm³/mol. The molecule has 0 aliphatic rings. The molecule has 1 rings (SSSR count). The van der Waals surface area contributed by atoms with Gasteiger partial charge in [0.1, 0.15) is 0 Å². The molecular formula is C8H10BBrO2. The summed E-state index contributed by atoms with van der Waals surface area (Å²) in [5, 5.41) is 17.3. The summed E-state index contributed by atoms with van der Waals surface area (Å²) in [6.07, 6.45) is 1.08. The molecule has 2 nitrogen and oxygen atoms in total. The topological polar surface area (TPSA) is 40.5 Å². The first kappa shape index (κ1) is 9.77. The minimum atomic E-state index is -1.20. The van der Waals surface area contributed by atoms with E-state index in [2.05, 4.69) is 15.9 Å². The van der Waals surface area contributed by atoms with E-state index in [1.807, 2.05) is 24.3 Å². The van der Waals surface area contributed by atoms with Crippen molar-refractivity contribution in [2.45, 2.75) is 12.7 Å². The summed E-state index contributed by atoms with van der Waals surface area (Å²) in [4.78, 5) is 0. The number of hydrogen-bond donors (Lipinski definition) is 2. The first-order chi connectivity index (χ1) is 5.68. The van der Waals surface area contributed by atoms with Crippen LogP contribution in [0.1, 0.15) is 5.56 Å². The average molecular weight is 229 g/mol. The molecule has 64 valence electrons. The summed E-state index contributed by atoms with van der Waals surface area (Å²) >= 11 is 3.34. The Morgan fingerprint density at radius 1 is 1.33 bits per heavy atom. The molecule has 0 aliphatic carbocycles. The van der Waals surface area contributed by atoms with Crippen molar-refractivity contribution >= 4 is 23.0 Å². The average Bonchev–Trinajstić information content (AvgIpc) is 2.01. The maximum absolute atomic E-state index is 8.63. The van der Waals surface area contributed by atoms with Gasteiger partial charge < -0.3 is 10.0 Å². The molecule has 1 aromatic carbocycles. The van der Waals surface area contributed by atoms with Crippen LogP contribution in [0, 0.1) is 0 Å². The Labute approximate surface area is 80.5 Å². The van der Waals surface area contributed by atoms with Crippen molar-refractivity contribution in [3.8, 4) is 0 Å². The van der Waals surface area contributed by atoms with Gasteiger partial charge in [-0.25, -0.2) is 0 Å². The molecule has 0 aliphatic heterocycles. The van der Waals surface area contributed by atoms with E-state index < -0.39 is 7.12 Å². The van der Waals surface area contributed by atoms with Gasteiger partial charge in [0.05, 0.1) is 0 Å². The van der Waals surface area contributed by atoms with Crippen molar-refractivity contribution in [1.82, 2.24) is 0 Å². The number of hydrogen-bond acceptors (Lipinski definition) is 2. The molecule has 0 amide bonds. The van der Waals surface area contributed by atoms with Gasteiger partial charge in [-0.2, -0.15) is 0 Å². The van der Waals surface area contributed by atoms with Crippen molar-refractivity contribution in [3.63, 3.8) is 0 Å². The largest absolute Gasteiger partial charge is 0.451 e. The summed E-state index contributed by atoms with van der Waals surface area (Å²) < 4.78 is 1.02. The lowest BCUT2D eigenvalue weighted by Gasteiger charge is -2.00. The first-order valence-electron chi connectivity index (χ1n) is 3.79. The third-order valence-electron chi connectivity index (χ3n) is 1.58. The second-order valence-electron chi connectivity index (χ2n) is 2.65. The van der Waals surface area contributed by atoms with E-state index in [-0.39, 0.29) is 0 Å². The Morgan fingerprint density at radius 2 is 2.08 bits per heavy atom.